The molecule has 1 heteroatoms. The monoisotopic (exact) mass is 199 g/mol. The van der Waals surface area contributed by atoms with Crippen molar-refractivity contribution in [2.45, 2.75) is 60.3 Å². The summed E-state index contributed by atoms with van der Waals surface area (Å²) in [5.41, 5.74) is 0.464. The Morgan fingerprint density at radius 2 is 1.64 bits per heavy atom. The largest absolute Gasteiger partial charge is 0.316 e. The highest BCUT2D eigenvalue weighted by atomic mass is 14.9. The summed E-state index contributed by atoms with van der Waals surface area (Å²) in [7, 11) is 0. The first-order valence-electron chi connectivity index (χ1n) is 6.26. The van der Waals surface area contributed by atoms with Gasteiger partial charge in [-0.25, -0.2) is 0 Å². The van der Waals surface area contributed by atoms with Gasteiger partial charge in [-0.2, -0.15) is 0 Å². The zero-order valence-corrected chi connectivity index (χ0v) is 10.8. The molecule has 0 aromatic rings. The van der Waals surface area contributed by atoms with Crippen molar-refractivity contribution in [2.75, 3.05) is 13.1 Å². The number of hydrogen-bond donors (Lipinski definition) is 1. The van der Waals surface area contributed by atoms with Crippen LogP contribution in [0.15, 0.2) is 0 Å². The highest BCUT2D eigenvalue weighted by molar-refractivity contribution is 4.74. The first-order valence-corrected chi connectivity index (χ1v) is 6.26. The second-order valence-corrected chi connectivity index (χ2v) is 5.23. The average Bonchev–Trinajstić information content (AvgIpc) is 2.14. The van der Waals surface area contributed by atoms with E-state index in [4.69, 9.17) is 0 Å². The SMILES string of the molecule is CCCNCC(C)(C)CC(CC)CC. The Labute approximate surface area is 90.7 Å². The van der Waals surface area contributed by atoms with Gasteiger partial charge in [0.05, 0.1) is 0 Å². The molecule has 0 aliphatic carbocycles. The van der Waals surface area contributed by atoms with E-state index in [-0.39, 0.29) is 0 Å². The van der Waals surface area contributed by atoms with Crippen molar-refractivity contribution < 1.29 is 0 Å². The fourth-order valence-corrected chi connectivity index (χ4v) is 2.03. The summed E-state index contributed by atoms with van der Waals surface area (Å²) in [6.45, 7) is 13.9. The Morgan fingerprint density at radius 1 is 1.07 bits per heavy atom. The van der Waals surface area contributed by atoms with Crippen LogP contribution in [0.5, 0.6) is 0 Å². The molecule has 0 aliphatic rings. The van der Waals surface area contributed by atoms with Gasteiger partial charge in [0.25, 0.3) is 0 Å². The molecule has 0 unspecified atom stereocenters. The van der Waals surface area contributed by atoms with E-state index in [1.54, 1.807) is 0 Å². The summed E-state index contributed by atoms with van der Waals surface area (Å²) in [4.78, 5) is 0. The van der Waals surface area contributed by atoms with Crippen LogP contribution in [0.1, 0.15) is 60.3 Å². The van der Waals surface area contributed by atoms with Crippen LogP contribution in [0.4, 0.5) is 0 Å². The van der Waals surface area contributed by atoms with E-state index in [0.717, 1.165) is 19.0 Å². The molecule has 0 radical (unpaired) electrons. The van der Waals surface area contributed by atoms with Crippen LogP contribution in [-0.4, -0.2) is 13.1 Å². The van der Waals surface area contributed by atoms with Crippen molar-refractivity contribution in [1.29, 1.82) is 0 Å². The molecule has 1 N–H and O–H groups in total. The van der Waals surface area contributed by atoms with Gasteiger partial charge in [0.2, 0.25) is 0 Å². The Bertz CT molecular complexity index is 125. The van der Waals surface area contributed by atoms with Crippen LogP contribution in [0.3, 0.4) is 0 Å². The molecular formula is C13H29N. The zero-order chi connectivity index (χ0) is 11.0. The Balaban J connectivity index is 3.79. The van der Waals surface area contributed by atoms with Crippen molar-refractivity contribution in [3.8, 4) is 0 Å². The molecule has 0 saturated heterocycles. The summed E-state index contributed by atoms with van der Waals surface area (Å²) in [6.07, 6.45) is 5.25. The van der Waals surface area contributed by atoms with Crippen molar-refractivity contribution in [2.24, 2.45) is 11.3 Å². The Morgan fingerprint density at radius 3 is 2.07 bits per heavy atom. The summed E-state index contributed by atoms with van der Waals surface area (Å²) < 4.78 is 0. The van der Waals surface area contributed by atoms with Crippen molar-refractivity contribution in [1.82, 2.24) is 5.32 Å². The molecule has 0 aliphatic heterocycles. The summed E-state index contributed by atoms with van der Waals surface area (Å²) in [6, 6.07) is 0. The van der Waals surface area contributed by atoms with E-state index in [9.17, 15) is 0 Å². The summed E-state index contributed by atoms with van der Waals surface area (Å²) in [5.74, 6) is 0.911. The molecule has 14 heavy (non-hydrogen) atoms. The van der Waals surface area contributed by atoms with Gasteiger partial charge in [-0.05, 0) is 30.7 Å². The second-order valence-electron chi connectivity index (χ2n) is 5.23. The number of rotatable bonds is 8. The summed E-state index contributed by atoms with van der Waals surface area (Å²) >= 11 is 0. The predicted octanol–water partition coefficient (Wildman–Crippen LogP) is 3.84. The molecule has 0 fully saturated rings. The van der Waals surface area contributed by atoms with Crippen LogP contribution < -0.4 is 5.32 Å². The fraction of sp³-hybridized carbons (Fsp3) is 1.00. The lowest BCUT2D eigenvalue weighted by Gasteiger charge is -2.29. The van der Waals surface area contributed by atoms with E-state index in [1.165, 1.54) is 25.7 Å². The van der Waals surface area contributed by atoms with E-state index >= 15 is 0 Å². The number of nitrogens with one attached hydrogen (secondary N) is 1. The third kappa shape index (κ3) is 6.42. The van der Waals surface area contributed by atoms with Crippen molar-refractivity contribution >= 4 is 0 Å². The molecule has 0 spiro atoms. The molecule has 0 amide bonds. The van der Waals surface area contributed by atoms with Crippen LogP contribution in [0, 0.1) is 11.3 Å². The third-order valence-corrected chi connectivity index (χ3v) is 3.03. The minimum absolute atomic E-state index is 0.464. The summed E-state index contributed by atoms with van der Waals surface area (Å²) in [5, 5.41) is 3.53. The molecule has 0 saturated carbocycles. The predicted molar refractivity (Wildman–Crippen MR) is 65.6 cm³/mol. The van der Waals surface area contributed by atoms with Gasteiger partial charge in [0.15, 0.2) is 0 Å². The van der Waals surface area contributed by atoms with E-state index in [0.29, 0.717) is 5.41 Å². The normalized spacial score (nSPS) is 12.4. The van der Waals surface area contributed by atoms with E-state index < -0.39 is 0 Å². The quantitative estimate of drug-likeness (QED) is 0.586. The first kappa shape index (κ1) is 14.0. The van der Waals surface area contributed by atoms with Gasteiger partial charge in [-0.1, -0.05) is 47.5 Å². The fourth-order valence-electron chi connectivity index (χ4n) is 2.03. The van der Waals surface area contributed by atoms with Crippen LogP contribution in [-0.2, 0) is 0 Å². The van der Waals surface area contributed by atoms with Gasteiger partial charge in [0, 0.05) is 6.54 Å². The Kier molecular flexibility index (Phi) is 7.26. The van der Waals surface area contributed by atoms with Gasteiger partial charge in [-0.15, -0.1) is 0 Å². The molecule has 1 nitrogen and oxygen atoms in total. The zero-order valence-electron chi connectivity index (χ0n) is 10.8. The maximum atomic E-state index is 3.53. The van der Waals surface area contributed by atoms with Gasteiger partial charge >= 0.3 is 0 Å². The number of hydrogen-bond acceptors (Lipinski definition) is 1. The molecule has 0 heterocycles. The minimum atomic E-state index is 0.464. The molecule has 0 aromatic heterocycles. The topological polar surface area (TPSA) is 12.0 Å². The molecule has 0 bridgehead atoms. The molecule has 86 valence electrons. The Hall–Kier alpha value is -0.0400. The first-order chi connectivity index (χ1) is 6.55. The van der Waals surface area contributed by atoms with Gasteiger partial charge in [0.1, 0.15) is 0 Å². The highest BCUT2D eigenvalue weighted by Crippen LogP contribution is 2.28. The molecule has 0 aromatic carbocycles. The molecule has 0 rings (SSSR count). The lowest BCUT2D eigenvalue weighted by Crippen LogP contribution is -2.31. The lowest BCUT2D eigenvalue weighted by atomic mass is 9.80. The standard InChI is InChI=1S/C13H29N/c1-6-9-14-11-13(4,5)10-12(7-2)8-3/h12,14H,6-11H2,1-5H3. The van der Waals surface area contributed by atoms with E-state index in [1.807, 2.05) is 0 Å². The van der Waals surface area contributed by atoms with Crippen molar-refractivity contribution in [3.63, 3.8) is 0 Å². The second kappa shape index (κ2) is 7.28. The van der Waals surface area contributed by atoms with Crippen molar-refractivity contribution in [3.05, 3.63) is 0 Å². The van der Waals surface area contributed by atoms with E-state index in [2.05, 4.69) is 39.9 Å². The van der Waals surface area contributed by atoms with Crippen LogP contribution >= 0.6 is 0 Å². The third-order valence-electron chi connectivity index (χ3n) is 3.03. The van der Waals surface area contributed by atoms with Gasteiger partial charge < -0.3 is 5.32 Å². The average molecular weight is 199 g/mol. The molecular weight excluding hydrogens is 170 g/mol. The maximum absolute atomic E-state index is 3.53. The minimum Gasteiger partial charge on any atom is -0.316 e. The molecule has 0 atom stereocenters. The highest BCUT2D eigenvalue weighted by Gasteiger charge is 2.20. The van der Waals surface area contributed by atoms with Crippen LogP contribution in [0.25, 0.3) is 0 Å². The lowest BCUT2D eigenvalue weighted by molar-refractivity contribution is 0.246. The van der Waals surface area contributed by atoms with Crippen LogP contribution in [0.2, 0.25) is 0 Å². The smallest absolute Gasteiger partial charge is 0.000262 e. The maximum Gasteiger partial charge on any atom is 0.000262 e. The van der Waals surface area contributed by atoms with Gasteiger partial charge in [-0.3, -0.25) is 0 Å².